The standard InChI is InChI=1S/C22H23FN2O5S2/c1-15-11-18(6-8-20(15)23)31(26,27)22(17-5-4-10-24-13-17)14-25-32(28,29)19-7-9-21(30-3)16(2)12-19/h4-13,22,25H,14H2,1-3H3. The van der Waals surface area contributed by atoms with Gasteiger partial charge in [0.1, 0.15) is 16.8 Å². The molecule has 0 radical (unpaired) electrons. The van der Waals surface area contributed by atoms with Crippen molar-refractivity contribution in [2.24, 2.45) is 0 Å². The van der Waals surface area contributed by atoms with Crippen LogP contribution in [0.2, 0.25) is 0 Å². The Labute approximate surface area is 187 Å². The number of aromatic nitrogens is 1. The van der Waals surface area contributed by atoms with Crippen LogP contribution in [-0.4, -0.2) is 35.5 Å². The molecule has 0 bridgehead atoms. The van der Waals surface area contributed by atoms with Crippen molar-refractivity contribution in [3.63, 3.8) is 0 Å². The molecular formula is C22H23FN2O5S2. The predicted octanol–water partition coefficient (Wildman–Crippen LogP) is 3.34. The van der Waals surface area contributed by atoms with E-state index in [0.717, 1.165) is 6.07 Å². The molecule has 1 heterocycles. The number of hydrogen-bond donors (Lipinski definition) is 1. The first kappa shape index (κ1) is 23.8. The highest BCUT2D eigenvalue weighted by atomic mass is 32.2. The van der Waals surface area contributed by atoms with Crippen LogP contribution in [0.15, 0.2) is 70.7 Å². The largest absolute Gasteiger partial charge is 0.496 e. The Morgan fingerprint density at radius 2 is 1.69 bits per heavy atom. The van der Waals surface area contributed by atoms with E-state index in [1.165, 1.54) is 56.8 Å². The third kappa shape index (κ3) is 4.98. The van der Waals surface area contributed by atoms with Crippen molar-refractivity contribution < 1.29 is 26.0 Å². The molecule has 32 heavy (non-hydrogen) atoms. The predicted molar refractivity (Wildman–Crippen MR) is 118 cm³/mol. The number of nitrogens with zero attached hydrogens (tertiary/aromatic N) is 1. The van der Waals surface area contributed by atoms with Crippen molar-refractivity contribution in [1.82, 2.24) is 9.71 Å². The fourth-order valence-electron chi connectivity index (χ4n) is 3.22. The molecule has 0 aliphatic carbocycles. The van der Waals surface area contributed by atoms with E-state index in [9.17, 15) is 21.2 Å². The maximum Gasteiger partial charge on any atom is 0.240 e. The van der Waals surface area contributed by atoms with E-state index < -0.39 is 37.5 Å². The average Bonchev–Trinajstić information content (AvgIpc) is 2.76. The number of benzene rings is 2. The van der Waals surface area contributed by atoms with Gasteiger partial charge in [-0.3, -0.25) is 4.98 Å². The minimum absolute atomic E-state index is 0.0178. The lowest BCUT2D eigenvalue weighted by molar-refractivity contribution is 0.411. The molecule has 170 valence electrons. The van der Waals surface area contributed by atoms with Gasteiger partial charge < -0.3 is 4.74 Å². The first-order chi connectivity index (χ1) is 15.1. The van der Waals surface area contributed by atoms with Gasteiger partial charge in [0, 0.05) is 18.9 Å². The lowest BCUT2D eigenvalue weighted by atomic mass is 10.2. The molecule has 2 aromatic carbocycles. The second kappa shape index (κ2) is 9.35. The first-order valence-electron chi connectivity index (χ1n) is 9.60. The van der Waals surface area contributed by atoms with Crippen LogP contribution in [0.5, 0.6) is 5.75 Å². The minimum Gasteiger partial charge on any atom is -0.496 e. The molecular weight excluding hydrogens is 455 g/mol. The van der Waals surface area contributed by atoms with Gasteiger partial charge in [0.05, 0.1) is 16.9 Å². The average molecular weight is 479 g/mol. The zero-order valence-electron chi connectivity index (χ0n) is 17.7. The quantitative estimate of drug-likeness (QED) is 0.498. The van der Waals surface area contributed by atoms with Gasteiger partial charge in [-0.05, 0) is 73.0 Å². The first-order valence-corrected chi connectivity index (χ1v) is 12.6. The smallest absolute Gasteiger partial charge is 0.240 e. The van der Waals surface area contributed by atoms with E-state index in [-0.39, 0.29) is 15.4 Å². The molecule has 0 amide bonds. The number of sulfonamides is 1. The van der Waals surface area contributed by atoms with Crippen molar-refractivity contribution >= 4 is 19.9 Å². The summed E-state index contributed by atoms with van der Waals surface area (Å²) in [4.78, 5) is 3.84. The molecule has 10 heteroatoms. The van der Waals surface area contributed by atoms with Gasteiger partial charge in [-0.2, -0.15) is 0 Å². The van der Waals surface area contributed by atoms with Gasteiger partial charge in [0.25, 0.3) is 0 Å². The number of rotatable bonds is 8. The second-order valence-corrected chi connectivity index (χ2v) is 11.1. The maximum atomic E-state index is 13.7. The number of nitrogens with one attached hydrogen (secondary N) is 1. The Hall–Kier alpha value is -2.82. The van der Waals surface area contributed by atoms with Gasteiger partial charge in [-0.15, -0.1) is 0 Å². The van der Waals surface area contributed by atoms with Crippen molar-refractivity contribution in [2.75, 3.05) is 13.7 Å². The van der Waals surface area contributed by atoms with Gasteiger partial charge in [-0.1, -0.05) is 6.07 Å². The molecule has 7 nitrogen and oxygen atoms in total. The SMILES string of the molecule is COc1ccc(S(=O)(=O)NCC(c2cccnc2)S(=O)(=O)c2ccc(F)c(C)c2)cc1C. The fourth-order valence-corrected chi connectivity index (χ4v) is 6.18. The van der Waals surface area contributed by atoms with Crippen LogP contribution in [0.25, 0.3) is 0 Å². The zero-order chi connectivity index (χ0) is 23.5. The molecule has 0 aliphatic rings. The number of methoxy groups -OCH3 is 1. The summed E-state index contributed by atoms with van der Waals surface area (Å²) in [6, 6.07) is 10.9. The summed E-state index contributed by atoms with van der Waals surface area (Å²) < 4.78 is 73.7. The number of sulfone groups is 1. The third-order valence-corrected chi connectivity index (χ3v) is 8.54. The molecule has 1 N–H and O–H groups in total. The molecule has 0 saturated carbocycles. The lowest BCUT2D eigenvalue weighted by Crippen LogP contribution is -2.32. The monoisotopic (exact) mass is 478 g/mol. The molecule has 0 fully saturated rings. The van der Waals surface area contributed by atoms with E-state index in [1.807, 2.05) is 0 Å². The van der Waals surface area contributed by atoms with Crippen LogP contribution < -0.4 is 9.46 Å². The second-order valence-electron chi connectivity index (χ2n) is 7.21. The molecule has 0 saturated heterocycles. The normalized spacial score (nSPS) is 13.0. The fraction of sp³-hybridized carbons (Fsp3) is 0.227. The Kier molecular flexibility index (Phi) is 6.97. The van der Waals surface area contributed by atoms with Crippen molar-refractivity contribution in [2.45, 2.75) is 28.9 Å². The van der Waals surface area contributed by atoms with E-state index in [2.05, 4.69) is 9.71 Å². The molecule has 0 aliphatic heterocycles. The van der Waals surface area contributed by atoms with Gasteiger partial charge >= 0.3 is 0 Å². The number of aryl methyl sites for hydroxylation is 2. The molecule has 3 rings (SSSR count). The molecule has 0 spiro atoms. The summed E-state index contributed by atoms with van der Waals surface area (Å²) in [6.07, 6.45) is 2.85. The molecule has 1 atom stereocenters. The summed E-state index contributed by atoms with van der Waals surface area (Å²) in [5.41, 5.74) is 1.10. The lowest BCUT2D eigenvalue weighted by Gasteiger charge is -2.19. The minimum atomic E-state index is -4.07. The summed E-state index contributed by atoms with van der Waals surface area (Å²) in [5, 5.41) is -1.27. The van der Waals surface area contributed by atoms with Crippen LogP contribution in [0.3, 0.4) is 0 Å². The molecule has 1 unspecified atom stereocenters. The van der Waals surface area contributed by atoms with Crippen LogP contribution in [0, 0.1) is 19.7 Å². The van der Waals surface area contributed by atoms with Crippen molar-refractivity contribution in [3.05, 3.63) is 83.4 Å². The third-order valence-electron chi connectivity index (χ3n) is 5.02. The highest BCUT2D eigenvalue weighted by molar-refractivity contribution is 7.92. The zero-order valence-corrected chi connectivity index (χ0v) is 19.4. The van der Waals surface area contributed by atoms with Crippen LogP contribution >= 0.6 is 0 Å². The summed E-state index contributed by atoms with van der Waals surface area (Å²) in [6.45, 7) is 2.73. The number of pyridine rings is 1. The number of ether oxygens (including phenoxy) is 1. The maximum absolute atomic E-state index is 13.7. The Morgan fingerprint density at radius 1 is 1.00 bits per heavy atom. The van der Waals surface area contributed by atoms with E-state index >= 15 is 0 Å². The number of halogens is 1. The van der Waals surface area contributed by atoms with Crippen molar-refractivity contribution in [3.8, 4) is 5.75 Å². The molecule has 3 aromatic rings. The number of hydrogen-bond acceptors (Lipinski definition) is 6. The Bertz CT molecular complexity index is 1330. The highest BCUT2D eigenvalue weighted by Gasteiger charge is 2.31. The van der Waals surface area contributed by atoms with Crippen LogP contribution in [0.4, 0.5) is 4.39 Å². The van der Waals surface area contributed by atoms with Gasteiger partial charge in [0.15, 0.2) is 9.84 Å². The topological polar surface area (TPSA) is 102 Å². The van der Waals surface area contributed by atoms with Gasteiger partial charge in [0.2, 0.25) is 10.0 Å². The summed E-state index contributed by atoms with van der Waals surface area (Å²) in [5.74, 6) is 0.00361. The van der Waals surface area contributed by atoms with Crippen LogP contribution in [0.1, 0.15) is 21.9 Å². The van der Waals surface area contributed by atoms with Crippen LogP contribution in [-0.2, 0) is 19.9 Å². The van der Waals surface area contributed by atoms with Gasteiger partial charge in [-0.25, -0.2) is 25.9 Å². The van der Waals surface area contributed by atoms with E-state index in [1.54, 1.807) is 19.1 Å². The highest BCUT2D eigenvalue weighted by Crippen LogP contribution is 2.30. The summed E-state index contributed by atoms with van der Waals surface area (Å²) >= 11 is 0. The Balaban J connectivity index is 1.97. The molecule has 1 aromatic heterocycles. The van der Waals surface area contributed by atoms with E-state index in [4.69, 9.17) is 4.74 Å². The Morgan fingerprint density at radius 3 is 2.28 bits per heavy atom. The summed E-state index contributed by atoms with van der Waals surface area (Å²) in [7, 11) is -6.61. The van der Waals surface area contributed by atoms with Crippen molar-refractivity contribution in [1.29, 1.82) is 0 Å². The van der Waals surface area contributed by atoms with E-state index in [0.29, 0.717) is 16.9 Å².